The summed E-state index contributed by atoms with van der Waals surface area (Å²) in [4.78, 5) is 11.5. The van der Waals surface area contributed by atoms with Crippen molar-refractivity contribution < 1.29 is 13.2 Å². The number of carbonyl (C=O) groups is 1. The number of Topliss-reactive ketones (excluding diaryl/α,β-unsaturated/α-hetero) is 1. The molecule has 1 unspecified atom stereocenters. The van der Waals surface area contributed by atoms with Gasteiger partial charge in [0.15, 0.2) is 15.6 Å². The second-order valence-corrected chi connectivity index (χ2v) is 6.84. The van der Waals surface area contributed by atoms with Gasteiger partial charge in [0.25, 0.3) is 0 Å². The van der Waals surface area contributed by atoms with Crippen LogP contribution in [0.15, 0.2) is 24.3 Å². The molecule has 1 aliphatic rings. The average Bonchev–Trinajstić information content (AvgIpc) is 2.68. The monoisotopic (exact) mass is 272 g/mol. The maximum absolute atomic E-state index is 12.1. The highest BCUT2D eigenvalue weighted by molar-refractivity contribution is 7.92. The summed E-state index contributed by atoms with van der Waals surface area (Å²) in [5.74, 6) is -0.305. The predicted molar refractivity (Wildman–Crippen MR) is 66.7 cm³/mol. The van der Waals surface area contributed by atoms with Crippen molar-refractivity contribution in [2.45, 2.75) is 30.3 Å². The van der Waals surface area contributed by atoms with E-state index in [1.165, 1.54) is 0 Å². The Balaban J connectivity index is 2.24. The molecule has 0 bridgehead atoms. The molecule has 1 fully saturated rings. The van der Waals surface area contributed by atoms with Gasteiger partial charge in [-0.2, -0.15) is 0 Å². The Bertz CT molecular complexity index is 536. The van der Waals surface area contributed by atoms with Gasteiger partial charge >= 0.3 is 0 Å². The lowest BCUT2D eigenvalue weighted by Crippen LogP contribution is -2.26. The smallest absolute Gasteiger partial charge is 0.164 e. The Hall–Kier alpha value is -0.870. The van der Waals surface area contributed by atoms with Gasteiger partial charge in [-0.25, -0.2) is 8.42 Å². The summed E-state index contributed by atoms with van der Waals surface area (Å²) in [6.45, 7) is 0. The van der Waals surface area contributed by atoms with Crippen molar-refractivity contribution >= 4 is 27.2 Å². The summed E-state index contributed by atoms with van der Waals surface area (Å²) >= 11 is 5.92. The first-order chi connectivity index (χ1) is 8.00. The van der Waals surface area contributed by atoms with E-state index in [0.717, 1.165) is 0 Å². The molecule has 1 saturated carbocycles. The Morgan fingerprint density at radius 3 is 2.59 bits per heavy atom. The fourth-order valence-corrected chi connectivity index (χ4v) is 4.31. The van der Waals surface area contributed by atoms with E-state index in [1.54, 1.807) is 24.3 Å². The molecule has 0 saturated heterocycles. The average molecular weight is 273 g/mol. The molecule has 0 amide bonds. The summed E-state index contributed by atoms with van der Waals surface area (Å²) in [5, 5.41) is -0.389. The van der Waals surface area contributed by atoms with E-state index >= 15 is 0 Å². The van der Waals surface area contributed by atoms with E-state index in [-0.39, 0.29) is 11.5 Å². The van der Waals surface area contributed by atoms with Crippen LogP contribution in [0.25, 0.3) is 0 Å². The normalized spacial score (nSPS) is 20.8. The van der Waals surface area contributed by atoms with Crippen LogP contribution in [-0.2, 0) is 20.4 Å². The van der Waals surface area contributed by atoms with E-state index in [4.69, 9.17) is 11.6 Å². The Kier molecular flexibility index (Phi) is 3.54. The molecule has 2 rings (SSSR count). The van der Waals surface area contributed by atoms with Gasteiger partial charge in [0.05, 0.1) is 5.75 Å². The first-order valence-corrected chi connectivity index (χ1v) is 7.58. The molecule has 0 spiro atoms. The van der Waals surface area contributed by atoms with Gasteiger partial charge in [-0.05, 0) is 24.5 Å². The van der Waals surface area contributed by atoms with Gasteiger partial charge in [-0.15, -0.1) is 0 Å². The van der Waals surface area contributed by atoms with Crippen LogP contribution in [0, 0.1) is 0 Å². The molecule has 5 heteroatoms. The third-order valence-electron chi connectivity index (χ3n) is 3.00. The molecule has 1 atom stereocenters. The lowest BCUT2D eigenvalue weighted by atomic mass is 10.2. The minimum Gasteiger partial charge on any atom is -0.298 e. The summed E-state index contributed by atoms with van der Waals surface area (Å²) in [5.41, 5.74) is 0.564. The Labute approximate surface area is 106 Å². The first kappa shape index (κ1) is 12.6. The zero-order valence-electron chi connectivity index (χ0n) is 9.23. The predicted octanol–water partition coefficient (Wildman–Crippen LogP) is 2.38. The standard InChI is InChI=1S/C12H13ClO3S/c13-10-5-2-1-4-9(10)8-17(15,16)12-7-3-6-11(12)14/h1-2,4-5,12H,3,6-8H2. The molecule has 17 heavy (non-hydrogen) atoms. The number of halogens is 1. The third kappa shape index (κ3) is 2.69. The van der Waals surface area contributed by atoms with Crippen LogP contribution >= 0.6 is 11.6 Å². The number of sulfone groups is 1. The molecule has 3 nitrogen and oxygen atoms in total. The summed E-state index contributed by atoms with van der Waals surface area (Å²) in [6, 6.07) is 6.83. The highest BCUT2D eigenvalue weighted by atomic mass is 35.5. The van der Waals surface area contributed by atoms with Crippen LogP contribution < -0.4 is 0 Å². The third-order valence-corrected chi connectivity index (χ3v) is 5.44. The minimum absolute atomic E-state index is 0.150. The van der Waals surface area contributed by atoms with Crippen LogP contribution in [0.2, 0.25) is 5.02 Å². The van der Waals surface area contributed by atoms with Crippen molar-refractivity contribution in [2.24, 2.45) is 0 Å². The second-order valence-electron chi connectivity index (χ2n) is 4.25. The minimum atomic E-state index is -3.42. The number of ketones is 1. The molecule has 92 valence electrons. The highest BCUT2D eigenvalue weighted by Crippen LogP contribution is 2.26. The second kappa shape index (κ2) is 4.78. The van der Waals surface area contributed by atoms with Crippen molar-refractivity contribution in [3.8, 4) is 0 Å². The quantitative estimate of drug-likeness (QED) is 0.849. The van der Waals surface area contributed by atoms with Gasteiger partial charge in [0.1, 0.15) is 5.25 Å². The summed E-state index contributed by atoms with van der Waals surface area (Å²) in [7, 11) is -3.42. The topological polar surface area (TPSA) is 51.2 Å². The lowest BCUT2D eigenvalue weighted by molar-refractivity contribution is -0.117. The summed E-state index contributed by atoms with van der Waals surface area (Å²) < 4.78 is 24.2. The maximum Gasteiger partial charge on any atom is 0.164 e. The Morgan fingerprint density at radius 1 is 1.29 bits per heavy atom. The van der Waals surface area contributed by atoms with Crippen LogP contribution in [0.4, 0.5) is 0 Å². The molecule has 0 radical (unpaired) electrons. The fourth-order valence-electron chi connectivity index (χ4n) is 2.10. The molecule has 0 aliphatic heterocycles. The van der Waals surface area contributed by atoms with Crippen molar-refractivity contribution in [3.05, 3.63) is 34.9 Å². The van der Waals surface area contributed by atoms with E-state index in [0.29, 0.717) is 29.8 Å². The molecule has 1 aromatic carbocycles. The van der Waals surface area contributed by atoms with E-state index in [2.05, 4.69) is 0 Å². The molecule has 0 heterocycles. The van der Waals surface area contributed by atoms with Crippen LogP contribution in [0.1, 0.15) is 24.8 Å². The van der Waals surface area contributed by atoms with Crippen LogP contribution in [0.3, 0.4) is 0 Å². The number of rotatable bonds is 3. The van der Waals surface area contributed by atoms with Gasteiger partial charge in [-0.3, -0.25) is 4.79 Å². The number of hydrogen-bond acceptors (Lipinski definition) is 3. The first-order valence-electron chi connectivity index (χ1n) is 5.48. The van der Waals surface area contributed by atoms with Crippen molar-refractivity contribution in [3.63, 3.8) is 0 Å². The zero-order valence-corrected chi connectivity index (χ0v) is 10.8. The van der Waals surface area contributed by atoms with Gasteiger partial charge < -0.3 is 0 Å². The molecular formula is C12H13ClO3S. The SMILES string of the molecule is O=C1CCCC1S(=O)(=O)Cc1ccccc1Cl. The van der Waals surface area contributed by atoms with E-state index in [1.807, 2.05) is 0 Å². The summed E-state index contributed by atoms with van der Waals surface area (Å²) in [6.07, 6.45) is 1.50. The Morgan fingerprint density at radius 2 is 2.00 bits per heavy atom. The van der Waals surface area contributed by atoms with E-state index in [9.17, 15) is 13.2 Å². The van der Waals surface area contributed by atoms with Gasteiger partial charge in [-0.1, -0.05) is 29.8 Å². The highest BCUT2D eigenvalue weighted by Gasteiger charge is 2.36. The van der Waals surface area contributed by atoms with Gasteiger partial charge in [0, 0.05) is 11.4 Å². The number of hydrogen-bond donors (Lipinski definition) is 0. The van der Waals surface area contributed by atoms with Crippen LogP contribution in [-0.4, -0.2) is 19.5 Å². The van der Waals surface area contributed by atoms with E-state index < -0.39 is 15.1 Å². The van der Waals surface area contributed by atoms with Crippen molar-refractivity contribution in [1.29, 1.82) is 0 Å². The number of carbonyl (C=O) groups excluding carboxylic acids is 1. The molecule has 1 aliphatic carbocycles. The lowest BCUT2D eigenvalue weighted by Gasteiger charge is -2.10. The molecular weight excluding hydrogens is 260 g/mol. The van der Waals surface area contributed by atoms with Gasteiger partial charge in [0.2, 0.25) is 0 Å². The number of benzene rings is 1. The zero-order chi connectivity index (χ0) is 12.5. The largest absolute Gasteiger partial charge is 0.298 e. The molecule has 0 aromatic heterocycles. The fraction of sp³-hybridized carbons (Fsp3) is 0.417. The van der Waals surface area contributed by atoms with Crippen LogP contribution in [0.5, 0.6) is 0 Å². The van der Waals surface area contributed by atoms with Crippen molar-refractivity contribution in [1.82, 2.24) is 0 Å². The maximum atomic E-state index is 12.1. The molecule has 1 aromatic rings. The molecule has 0 N–H and O–H groups in total. The van der Waals surface area contributed by atoms with Crippen molar-refractivity contribution in [2.75, 3.05) is 0 Å².